The minimum Gasteiger partial charge on any atom is -0.454 e. The fourth-order valence-electron chi connectivity index (χ4n) is 2.80. The van der Waals surface area contributed by atoms with E-state index >= 15 is 0 Å². The van der Waals surface area contributed by atoms with Gasteiger partial charge in [-0.1, -0.05) is 42.5 Å². The molecule has 0 bridgehead atoms. The molecule has 0 aromatic heterocycles. The summed E-state index contributed by atoms with van der Waals surface area (Å²) in [6, 6.07) is 16.9. The third kappa shape index (κ3) is 5.40. The van der Waals surface area contributed by atoms with Crippen molar-refractivity contribution in [2.45, 2.75) is 0 Å². The predicted molar refractivity (Wildman–Crippen MR) is 103 cm³/mol. The van der Waals surface area contributed by atoms with Crippen molar-refractivity contribution in [3.05, 3.63) is 60.2 Å². The summed E-state index contributed by atoms with van der Waals surface area (Å²) >= 11 is 0. The van der Waals surface area contributed by atoms with Crippen LogP contribution in [0, 0.1) is 0 Å². The fourth-order valence-corrected chi connectivity index (χ4v) is 2.80. The number of nitrogens with one attached hydrogen (secondary N) is 1. The first-order valence-electron chi connectivity index (χ1n) is 9.08. The molecule has 28 heavy (non-hydrogen) atoms. The van der Waals surface area contributed by atoms with Gasteiger partial charge in [0.25, 0.3) is 11.8 Å². The lowest BCUT2D eigenvalue weighted by Crippen LogP contribution is -2.43. The van der Waals surface area contributed by atoms with Crippen LogP contribution in [0.2, 0.25) is 0 Å². The highest BCUT2D eigenvalue weighted by atomic mass is 16.5. The maximum absolute atomic E-state index is 12.2. The van der Waals surface area contributed by atoms with Crippen molar-refractivity contribution < 1.29 is 23.9 Å². The van der Waals surface area contributed by atoms with Gasteiger partial charge >= 0.3 is 5.97 Å². The van der Waals surface area contributed by atoms with Crippen LogP contribution in [0.4, 0.5) is 0 Å². The molecule has 7 nitrogen and oxygen atoms in total. The van der Waals surface area contributed by atoms with Crippen molar-refractivity contribution in [1.82, 2.24) is 10.2 Å². The first-order chi connectivity index (χ1) is 13.6. The second-order valence-electron chi connectivity index (χ2n) is 6.28. The van der Waals surface area contributed by atoms with Crippen LogP contribution in [0.5, 0.6) is 0 Å². The topological polar surface area (TPSA) is 84.9 Å². The maximum atomic E-state index is 12.2. The Morgan fingerprint density at radius 3 is 2.25 bits per heavy atom. The lowest BCUT2D eigenvalue weighted by atomic mass is 10.0. The molecule has 0 atom stereocenters. The van der Waals surface area contributed by atoms with E-state index in [2.05, 4.69) is 5.32 Å². The van der Waals surface area contributed by atoms with E-state index in [9.17, 15) is 14.4 Å². The molecular weight excluding hydrogens is 360 g/mol. The van der Waals surface area contributed by atoms with Gasteiger partial charge in [-0.2, -0.15) is 0 Å². The van der Waals surface area contributed by atoms with Gasteiger partial charge in [-0.3, -0.25) is 14.4 Å². The van der Waals surface area contributed by atoms with Crippen LogP contribution >= 0.6 is 0 Å². The van der Waals surface area contributed by atoms with Gasteiger partial charge < -0.3 is 19.7 Å². The van der Waals surface area contributed by atoms with Crippen LogP contribution in [-0.2, 0) is 19.1 Å². The Labute approximate surface area is 163 Å². The number of benzene rings is 2. The Hall–Kier alpha value is -3.19. The van der Waals surface area contributed by atoms with Crippen LogP contribution in [0.25, 0.3) is 11.1 Å². The quantitative estimate of drug-likeness (QED) is 0.765. The van der Waals surface area contributed by atoms with Crippen molar-refractivity contribution in [2.75, 3.05) is 39.5 Å². The molecule has 2 aromatic carbocycles. The van der Waals surface area contributed by atoms with Gasteiger partial charge in [0.1, 0.15) is 6.54 Å². The predicted octanol–water partition coefficient (Wildman–Crippen LogP) is 1.49. The molecule has 7 heteroatoms. The highest BCUT2D eigenvalue weighted by Gasteiger charge is 2.18. The molecule has 1 aliphatic rings. The summed E-state index contributed by atoms with van der Waals surface area (Å²) in [6.07, 6.45) is 0. The molecule has 0 unspecified atom stereocenters. The Morgan fingerprint density at radius 2 is 1.57 bits per heavy atom. The highest BCUT2D eigenvalue weighted by molar-refractivity contribution is 5.96. The lowest BCUT2D eigenvalue weighted by molar-refractivity contribution is -0.152. The highest BCUT2D eigenvalue weighted by Crippen LogP contribution is 2.19. The van der Waals surface area contributed by atoms with E-state index in [1.807, 2.05) is 42.5 Å². The lowest BCUT2D eigenvalue weighted by Gasteiger charge is -2.26. The second kappa shape index (κ2) is 9.66. The smallest absolute Gasteiger partial charge is 0.325 e. The van der Waals surface area contributed by atoms with Crippen LogP contribution < -0.4 is 5.32 Å². The van der Waals surface area contributed by atoms with E-state index in [1.165, 1.54) is 0 Å². The number of ether oxygens (including phenoxy) is 2. The molecule has 0 saturated carbocycles. The zero-order valence-corrected chi connectivity index (χ0v) is 15.4. The van der Waals surface area contributed by atoms with E-state index in [1.54, 1.807) is 17.0 Å². The summed E-state index contributed by atoms with van der Waals surface area (Å²) in [4.78, 5) is 37.5. The van der Waals surface area contributed by atoms with Crippen LogP contribution in [0.3, 0.4) is 0 Å². The number of carbonyl (C=O) groups is 3. The molecular formula is C21H22N2O5. The second-order valence-corrected chi connectivity index (χ2v) is 6.28. The Morgan fingerprint density at radius 1 is 0.929 bits per heavy atom. The van der Waals surface area contributed by atoms with Crippen molar-refractivity contribution in [3.8, 4) is 11.1 Å². The van der Waals surface area contributed by atoms with Gasteiger partial charge in [-0.25, -0.2) is 0 Å². The molecule has 1 fully saturated rings. The SMILES string of the molecule is O=C(CNC(=O)c1ccc(-c2ccccc2)cc1)OCC(=O)N1CCOCC1. The molecule has 146 valence electrons. The van der Waals surface area contributed by atoms with E-state index in [-0.39, 0.29) is 25.0 Å². The number of hydrogen-bond donors (Lipinski definition) is 1. The molecule has 1 aliphatic heterocycles. The van der Waals surface area contributed by atoms with E-state index in [4.69, 9.17) is 9.47 Å². The van der Waals surface area contributed by atoms with Crippen molar-refractivity contribution in [2.24, 2.45) is 0 Å². The van der Waals surface area contributed by atoms with Gasteiger partial charge in [0.15, 0.2) is 6.61 Å². The molecule has 1 heterocycles. The number of hydrogen-bond acceptors (Lipinski definition) is 5. The third-order valence-electron chi connectivity index (χ3n) is 4.37. The van der Waals surface area contributed by atoms with E-state index < -0.39 is 5.97 Å². The van der Waals surface area contributed by atoms with E-state index in [0.717, 1.165) is 11.1 Å². The van der Waals surface area contributed by atoms with Crippen molar-refractivity contribution in [1.29, 1.82) is 0 Å². The number of rotatable bonds is 6. The fraction of sp³-hybridized carbons (Fsp3) is 0.286. The standard InChI is InChI=1S/C21H22N2O5/c24-19(23-10-12-27-13-11-23)15-28-20(25)14-22-21(26)18-8-6-17(7-9-18)16-4-2-1-3-5-16/h1-9H,10-15H2,(H,22,26). The number of amides is 2. The molecule has 0 aliphatic carbocycles. The molecule has 1 saturated heterocycles. The first kappa shape index (κ1) is 19.6. The number of nitrogens with zero attached hydrogens (tertiary/aromatic N) is 1. The van der Waals surface area contributed by atoms with Gasteiger partial charge in [0.05, 0.1) is 13.2 Å². The number of esters is 1. The Kier molecular flexibility index (Phi) is 6.75. The zero-order chi connectivity index (χ0) is 19.8. The monoisotopic (exact) mass is 382 g/mol. The summed E-state index contributed by atoms with van der Waals surface area (Å²) in [5, 5.41) is 2.50. The maximum Gasteiger partial charge on any atom is 0.325 e. The average molecular weight is 382 g/mol. The largest absolute Gasteiger partial charge is 0.454 e. The summed E-state index contributed by atoms with van der Waals surface area (Å²) < 4.78 is 10.1. The van der Waals surface area contributed by atoms with Gasteiger partial charge in [0, 0.05) is 18.7 Å². The molecule has 1 N–H and O–H groups in total. The Balaban J connectivity index is 1.43. The van der Waals surface area contributed by atoms with Crippen LogP contribution in [0.1, 0.15) is 10.4 Å². The summed E-state index contributed by atoms with van der Waals surface area (Å²) in [5.74, 6) is -1.30. The average Bonchev–Trinajstić information content (AvgIpc) is 2.77. The van der Waals surface area contributed by atoms with Gasteiger partial charge in [-0.15, -0.1) is 0 Å². The number of carbonyl (C=O) groups excluding carboxylic acids is 3. The van der Waals surface area contributed by atoms with Crippen LogP contribution in [-0.4, -0.2) is 62.1 Å². The van der Waals surface area contributed by atoms with Crippen molar-refractivity contribution >= 4 is 17.8 Å². The molecule has 0 radical (unpaired) electrons. The van der Waals surface area contributed by atoms with Crippen molar-refractivity contribution in [3.63, 3.8) is 0 Å². The minimum atomic E-state index is -0.657. The van der Waals surface area contributed by atoms with Gasteiger partial charge in [0.2, 0.25) is 0 Å². The normalized spacial score (nSPS) is 13.6. The molecule has 3 rings (SSSR count). The summed E-state index contributed by atoms with van der Waals surface area (Å²) in [6.45, 7) is 1.33. The molecule has 2 amide bonds. The number of morpholine rings is 1. The Bertz CT molecular complexity index is 814. The van der Waals surface area contributed by atoms with Crippen LogP contribution in [0.15, 0.2) is 54.6 Å². The summed E-state index contributed by atoms with van der Waals surface area (Å²) in [5.41, 5.74) is 2.50. The molecule has 2 aromatic rings. The molecule has 0 spiro atoms. The van der Waals surface area contributed by atoms with E-state index in [0.29, 0.717) is 31.9 Å². The first-order valence-corrected chi connectivity index (χ1v) is 9.08. The minimum absolute atomic E-state index is 0.264. The summed E-state index contributed by atoms with van der Waals surface area (Å²) in [7, 11) is 0. The van der Waals surface area contributed by atoms with Gasteiger partial charge in [-0.05, 0) is 23.3 Å². The third-order valence-corrected chi connectivity index (χ3v) is 4.37. The zero-order valence-electron chi connectivity index (χ0n) is 15.4.